The van der Waals surface area contributed by atoms with E-state index in [0.717, 1.165) is 5.56 Å². The number of nitrogens with one attached hydrogen (secondary N) is 1. The van der Waals surface area contributed by atoms with Crippen LogP contribution in [0.4, 0.5) is 4.39 Å². The van der Waals surface area contributed by atoms with Gasteiger partial charge in [-0.05, 0) is 54.4 Å². The number of nitrogens with zero attached hydrogens (tertiary/aromatic N) is 1. The molecule has 0 saturated heterocycles. The Hall–Kier alpha value is -2.69. The Balaban J connectivity index is 1.94. The molecule has 0 aromatic heterocycles. The zero-order chi connectivity index (χ0) is 15.2. The summed E-state index contributed by atoms with van der Waals surface area (Å²) in [6, 6.07) is 12.3. The van der Waals surface area contributed by atoms with Gasteiger partial charge in [-0.2, -0.15) is 5.10 Å². The first-order valence-corrected chi connectivity index (χ1v) is 6.41. The summed E-state index contributed by atoms with van der Waals surface area (Å²) in [5.74, 6) is -0.438. The molecule has 2 rings (SSSR count). The smallest absolute Gasteiger partial charge is 0.244 e. The molecule has 0 unspecified atom stereocenters. The first-order valence-electron chi connectivity index (χ1n) is 6.41. The Labute approximate surface area is 121 Å². The van der Waals surface area contributed by atoms with Gasteiger partial charge in [0.25, 0.3) is 0 Å². The summed E-state index contributed by atoms with van der Waals surface area (Å²) in [4.78, 5) is 11.7. The third-order valence-corrected chi connectivity index (χ3v) is 2.91. The van der Waals surface area contributed by atoms with Gasteiger partial charge in [-0.25, -0.2) is 9.82 Å². The van der Waals surface area contributed by atoms with E-state index in [0.29, 0.717) is 11.3 Å². The average Bonchev–Trinajstić information content (AvgIpc) is 2.48. The van der Waals surface area contributed by atoms with Crippen LogP contribution in [0.15, 0.2) is 53.6 Å². The predicted octanol–water partition coefficient (Wildman–Crippen LogP) is 2.61. The van der Waals surface area contributed by atoms with Crippen molar-refractivity contribution in [2.24, 2.45) is 5.10 Å². The number of phenolic OH excluding ortho intramolecular Hbond substituents is 1. The minimum atomic E-state index is -0.333. The fraction of sp³-hybridized carbons (Fsp3) is 0.125. The van der Waals surface area contributed by atoms with Gasteiger partial charge >= 0.3 is 0 Å². The second-order valence-electron chi connectivity index (χ2n) is 4.58. The molecule has 0 aliphatic rings. The summed E-state index contributed by atoms with van der Waals surface area (Å²) in [6.45, 7) is 1.75. The summed E-state index contributed by atoms with van der Waals surface area (Å²) in [7, 11) is 0. The van der Waals surface area contributed by atoms with Crippen LogP contribution in [-0.4, -0.2) is 16.7 Å². The van der Waals surface area contributed by atoms with E-state index in [1.54, 1.807) is 43.3 Å². The summed E-state index contributed by atoms with van der Waals surface area (Å²) < 4.78 is 12.8. The SMILES string of the molecule is C/C(=N/NC(=O)Cc1ccc(F)cc1)c1ccc(O)cc1. The molecule has 0 bridgehead atoms. The van der Waals surface area contributed by atoms with Crippen LogP contribution in [0.5, 0.6) is 5.75 Å². The minimum absolute atomic E-state index is 0.132. The second-order valence-corrected chi connectivity index (χ2v) is 4.58. The van der Waals surface area contributed by atoms with E-state index >= 15 is 0 Å². The minimum Gasteiger partial charge on any atom is -0.508 e. The number of halogens is 1. The molecular weight excluding hydrogens is 271 g/mol. The van der Waals surface area contributed by atoms with E-state index in [2.05, 4.69) is 10.5 Å². The molecule has 0 fully saturated rings. The third-order valence-electron chi connectivity index (χ3n) is 2.91. The summed E-state index contributed by atoms with van der Waals surface area (Å²) in [5, 5.41) is 13.2. The molecule has 2 N–H and O–H groups in total. The van der Waals surface area contributed by atoms with Crippen LogP contribution in [0.2, 0.25) is 0 Å². The van der Waals surface area contributed by atoms with Crippen LogP contribution in [0.3, 0.4) is 0 Å². The normalized spacial score (nSPS) is 11.2. The maximum absolute atomic E-state index is 12.8. The average molecular weight is 286 g/mol. The van der Waals surface area contributed by atoms with Crippen LogP contribution in [0.25, 0.3) is 0 Å². The van der Waals surface area contributed by atoms with Crippen molar-refractivity contribution in [3.05, 3.63) is 65.5 Å². The predicted molar refractivity (Wildman–Crippen MR) is 78.6 cm³/mol. The van der Waals surface area contributed by atoms with Crippen molar-refractivity contribution in [2.45, 2.75) is 13.3 Å². The second kappa shape index (κ2) is 6.65. The third kappa shape index (κ3) is 4.42. The van der Waals surface area contributed by atoms with Crippen molar-refractivity contribution in [3.63, 3.8) is 0 Å². The van der Waals surface area contributed by atoms with Crippen molar-refractivity contribution in [1.29, 1.82) is 0 Å². The monoisotopic (exact) mass is 286 g/mol. The fourth-order valence-electron chi connectivity index (χ4n) is 1.74. The van der Waals surface area contributed by atoms with Crippen molar-refractivity contribution < 1.29 is 14.3 Å². The van der Waals surface area contributed by atoms with Gasteiger partial charge in [-0.15, -0.1) is 0 Å². The molecule has 0 aliphatic carbocycles. The van der Waals surface area contributed by atoms with Gasteiger partial charge in [0.2, 0.25) is 5.91 Å². The van der Waals surface area contributed by atoms with Gasteiger partial charge < -0.3 is 5.11 Å². The molecule has 0 spiro atoms. The van der Waals surface area contributed by atoms with Crippen molar-refractivity contribution in [3.8, 4) is 5.75 Å². The molecule has 2 aromatic carbocycles. The van der Waals surface area contributed by atoms with E-state index in [1.807, 2.05) is 0 Å². The molecule has 0 heterocycles. The number of carbonyl (C=O) groups is 1. The highest BCUT2D eigenvalue weighted by Gasteiger charge is 2.03. The van der Waals surface area contributed by atoms with Crippen LogP contribution >= 0.6 is 0 Å². The zero-order valence-corrected chi connectivity index (χ0v) is 11.5. The number of hydrogen-bond donors (Lipinski definition) is 2. The quantitative estimate of drug-likeness (QED) is 0.670. The Kier molecular flexibility index (Phi) is 4.66. The van der Waals surface area contributed by atoms with Crippen LogP contribution in [-0.2, 0) is 11.2 Å². The van der Waals surface area contributed by atoms with E-state index in [1.165, 1.54) is 12.1 Å². The molecule has 5 heteroatoms. The standard InChI is InChI=1S/C16H15FN2O2/c1-11(13-4-8-15(20)9-5-13)18-19-16(21)10-12-2-6-14(17)7-3-12/h2-9,20H,10H2,1H3,(H,19,21)/b18-11-. The lowest BCUT2D eigenvalue weighted by molar-refractivity contribution is -0.120. The van der Waals surface area contributed by atoms with Crippen molar-refractivity contribution in [2.75, 3.05) is 0 Å². The molecule has 4 nitrogen and oxygen atoms in total. The van der Waals surface area contributed by atoms with Gasteiger partial charge in [0.1, 0.15) is 11.6 Å². The fourth-order valence-corrected chi connectivity index (χ4v) is 1.74. The number of phenols is 1. The Bertz CT molecular complexity index is 649. The van der Waals surface area contributed by atoms with Gasteiger partial charge in [-0.3, -0.25) is 4.79 Å². The number of rotatable bonds is 4. The Morgan fingerprint density at radius 2 is 1.76 bits per heavy atom. The molecule has 0 aliphatic heterocycles. The lowest BCUT2D eigenvalue weighted by atomic mass is 10.1. The first-order chi connectivity index (χ1) is 10.0. The number of benzene rings is 2. The lowest BCUT2D eigenvalue weighted by Gasteiger charge is -2.03. The Morgan fingerprint density at radius 1 is 1.14 bits per heavy atom. The molecule has 21 heavy (non-hydrogen) atoms. The number of carbonyl (C=O) groups excluding carboxylic acids is 1. The van der Waals surface area contributed by atoms with Gasteiger partial charge in [0.05, 0.1) is 12.1 Å². The number of aromatic hydroxyl groups is 1. The van der Waals surface area contributed by atoms with E-state index in [9.17, 15) is 14.3 Å². The number of hydrogen-bond acceptors (Lipinski definition) is 3. The lowest BCUT2D eigenvalue weighted by Crippen LogP contribution is -2.21. The maximum atomic E-state index is 12.8. The molecule has 108 valence electrons. The zero-order valence-electron chi connectivity index (χ0n) is 11.5. The van der Waals surface area contributed by atoms with E-state index < -0.39 is 0 Å². The summed E-state index contributed by atoms with van der Waals surface area (Å²) >= 11 is 0. The molecule has 1 amide bonds. The first kappa shape index (κ1) is 14.7. The highest BCUT2D eigenvalue weighted by atomic mass is 19.1. The molecule has 2 aromatic rings. The summed E-state index contributed by atoms with van der Waals surface area (Å²) in [5.41, 5.74) is 4.59. The maximum Gasteiger partial charge on any atom is 0.244 e. The van der Waals surface area contributed by atoms with Crippen LogP contribution in [0.1, 0.15) is 18.1 Å². The van der Waals surface area contributed by atoms with Gasteiger partial charge in [0, 0.05) is 0 Å². The molecule has 0 saturated carbocycles. The number of hydrazone groups is 1. The van der Waals surface area contributed by atoms with Gasteiger partial charge in [0.15, 0.2) is 0 Å². The largest absolute Gasteiger partial charge is 0.508 e. The van der Waals surface area contributed by atoms with Crippen molar-refractivity contribution >= 4 is 11.6 Å². The Morgan fingerprint density at radius 3 is 2.38 bits per heavy atom. The number of amides is 1. The van der Waals surface area contributed by atoms with Gasteiger partial charge in [-0.1, -0.05) is 12.1 Å². The molecule has 0 radical (unpaired) electrons. The summed E-state index contributed by atoms with van der Waals surface area (Å²) in [6.07, 6.45) is 0.132. The molecular formula is C16H15FN2O2. The highest BCUT2D eigenvalue weighted by Crippen LogP contribution is 2.10. The van der Waals surface area contributed by atoms with E-state index in [4.69, 9.17) is 0 Å². The highest BCUT2D eigenvalue weighted by molar-refractivity contribution is 5.99. The van der Waals surface area contributed by atoms with Crippen LogP contribution in [0, 0.1) is 5.82 Å². The van der Waals surface area contributed by atoms with E-state index in [-0.39, 0.29) is 23.9 Å². The molecule has 0 atom stereocenters. The topological polar surface area (TPSA) is 61.7 Å². The van der Waals surface area contributed by atoms with Crippen LogP contribution < -0.4 is 5.43 Å². The van der Waals surface area contributed by atoms with Crippen molar-refractivity contribution in [1.82, 2.24) is 5.43 Å².